The molecule has 0 unspecified atom stereocenters. The van der Waals surface area contributed by atoms with Crippen LogP contribution in [0.25, 0.3) is 16.6 Å². The summed E-state index contributed by atoms with van der Waals surface area (Å²) in [5.41, 5.74) is 2.06. The molecule has 2 aromatic carbocycles. The van der Waals surface area contributed by atoms with Gasteiger partial charge in [0.05, 0.1) is 29.5 Å². The Morgan fingerprint density at radius 3 is 2.52 bits per heavy atom. The number of aromatic nitrogens is 2. The third-order valence-electron chi connectivity index (χ3n) is 5.49. The molecular weight excluding hydrogens is 409 g/mol. The number of alkyl halides is 2. The zero-order valence-electron chi connectivity index (χ0n) is 17.0. The highest BCUT2D eigenvalue weighted by Gasteiger charge is 2.43. The average molecular weight is 430 g/mol. The molecule has 9 heteroatoms. The Morgan fingerprint density at radius 2 is 1.87 bits per heavy atom. The first-order valence-corrected chi connectivity index (χ1v) is 9.93. The highest BCUT2D eigenvalue weighted by molar-refractivity contribution is 6.00. The highest BCUT2D eigenvalue weighted by Crippen LogP contribution is 2.32. The van der Waals surface area contributed by atoms with E-state index in [0.29, 0.717) is 24.7 Å². The van der Waals surface area contributed by atoms with E-state index in [1.54, 1.807) is 46.1 Å². The Labute approximate surface area is 176 Å². The van der Waals surface area contributed by atoms with Gasteiger partial charge in [-0.25, -0.2) is 9.07 Å². The molecule has 0 bridgehead atoms. The minimum absolute atomic E-state index is 0.0484. The summed E-state index contributed by atoms with van der Waals surface area (Å²) in [5, 5.41) is 7.43. The highest BCUT2D eigenvalue weighted by atomic mass is 19.3. The summed E-state index contributed by atoms with van der Waals surface area (Å²) in [6, 6.07) is 10.1. The Bertz CT molecular complexity index is 1140. The lowest BCUT2D eigenvalue weighted by Gasteiger charge is -2.28. The van der Waals surface area contributed by atoms with E-state index in [9.17, 15) is 22.8 Å². The zero-order chi connectivity index (χ0) is 22.3. The standard InChI is InChI=1S/C22H21F3N4O2/c1-3-18-17(27-21(31)22(2,24)25)11-20(30)28(18)16-8-9-19-13(10-16)12-26-29(19)15-6-4-14(23)5-7-15/h4-10,12,17-18H,3,11H2,1-2H3,(H,27,31)/t17-,18+/m1/s1. The van der Waals surface area contributed by atoms with Crippen molar-refractivity contribution < 1.29 is 22.8 Å². The van der Waals surface area contributed by atoms with Crippen molar-refractivity contribution in [3.05, 3.63) is 54.5 Å². The molecule has 0 aliphatic carbocycles. The molecule has 2 amide bonds. The van der Waals surface area contributed by atoms with E-state index in [4.69, 9.17) is 0 Å². The van der Waals surface area contributed by atoms with Crippen LogP contribution in [-0.4, -0.2) is 39.6 Å². The van der Waals surface area contributed by atoms with Gasteiger partial charge in [-0.1, -0.05) is 6.92 Å². The largest absolute Gasteiger partial charge is 0.346 e. The van der Waals surface area contributed by atoms with Crippen molar-refractivity contribution in [2.24, 2.45) is 0 Å². The molecule has 2 atom stereocenters. The molecule has 1 aromatic heterocycles. The van der Waals surface area contributed by atoms with Crippen LogP contribution in [-0.2, 0) is 9.59 Å². The number of rotatable bonds is 5. The summed E-state index contributed by atoms with van der Waals surface area (Å²) in [5.74, 6) is -5.49. The van der Waals surface area contributed by atoms with Gasteiger partial charge >= 0.3 is 5.92 Å². The van der Waals surface area contributed by atoms with Crippen molar-refractivity contribution in [1.29, 1.82) is 0 Å². The second kappa shape index (κ2) is 7.72. The number of amides is 2. The number of nitrogens with one attached hydrogen (secondary N) is 1. The first-order chi connectivity index (χ1) is 14.7. The lowest BCUT2D eigenvalue weighted by molar-refractivity contribution is -0.143. The molecule has 6 nitrogen and oxygen atoms in total. The predicted molar refractivity (Wildman–Crippen MR) is 110 cm³/mol. The Morgan fingerprint density at radius 1 is 1.19 bits per heavy atom. The van der Waals surface area contributed by atoms with E-state index in [-0.39, 0.29) is 18.1 Å². The fraction of sp³-hybridized carbons (Fsp3) is 0.318. The maximum atomic E-state index is 13.3. The first-order valence-electron chi connectivity index (χ1n) is 9.93. The van der Waals surface area contributed by atoms with Crippen LogP contribution in [0.2, 0.25) is 0 Å². The van der Waals surface area contributed by atoms with Gasteiger partial charge in [0.1, 0.15) is 5.82 Å². The van der Waals surface area contributed by atoms with Crippen molar-refractivity contribution >= 4 is 28.4 Å². The quantitative estimate of drug-likeness (QED) is 0.669. The molecule has 0 saturated carbocycles. The number of halogens is 3. The second-order valence-corrected chi connectivity index (χ2v) is 7.69. The van der Waals surface area contributed by atoms with E-state index in [1.165, 1.54) is 12.1 Å². The van der Waals surface area contributed by atoms with Crippen LogP contribution in [0.15, 0.2) is 48.7 Å². The van der Waals surface area contributed by atoms with Gasteiger partial charge in [-0.3, -0.25) is 9.59 Å². The van der Waals surface area contributed by atoms with Crippen LogP contribution in [0.1, 0.15) is 26.7 Å². The SMILES string of the molecule is CC[C@H]1[C@H](NC(=O)C(C)(F)F)CC(=O)N1c1ccc2c(cnn2-c2ccc(F)cc2)c1. The van der Waals surface area contributed by atoms with E-state index in [2.05, 4.69) is 10.4 Å². The molecule has 2 heterocycles. The lowest BCUT2D eigenvalue weighted by atomic mass is 10.1. The van der Waals surface area contributed by atoms with Gasteiger partial charge in [0.2, 0.25) is 5.91 Å². The minimum Gasteiger partial charge on any atom is -0.346 e. The molecule has 0 spiro atoms. The molecule has 1 aliphatic heterocycles. The molecule has 162 valence electrons. The number of hydrogen-bond acceptors (Lipinski definition) is 3. The fourth-order valence-electron chi connectivity index (χ4n) is 3.99. The smallest absolute Gasteiger partial charge is 0.321 e. The molecule has 1 aliphatic rings. The van der Waals surface area contributed by atoms with Gasteiger partial charge in [-0.15, -0.1) is 0 Å². The number of nitrogens with zero attached hydrogens (tertiary/aromatic N) is 3. The summed E-state index contributed by atoms with van der Waals surface area (Å²) in [6.45, 7) is 2.37. The van der Waals surface area contributed by atoms with Crippen LogP contribution < -0.4 is 10.2 Å². The van der Waals surface area contributed by atoms with E-state index < -0.39 is 23.9 Å². The number of carbonyl (C=O) groups excluding carboxylic acids is 2. The van der Waals surface area contributed by atoms with Gasteiger partial charge in [0, 0.05) is 24.4 Å². The number of fused-ring (bicyclic) bond motifs is 1. The molecule has 3 aromatic rings. The zero-order valence-corrected chi connectivity index (χ0v) is 17.0. The lowest BCUT2D eigenvalue weighted by Crippen LogP contribution is -2.49. The van der Waals surface area contributed by atoms with E-state index in [0.717, 1.165) is 10.9 Å². The Kier molecular flexibility index (Phi) is 5.20. The summed E-state index contributed by atoms with van der Waals surface area (Å²) in [7, 11) is 0. The minimum atomic E-state index is -3.51. The molecule has 1 N–H and O–H groups in total. The normalized spacial score (nSPS) is 19.3. The van der Waals surface area contributed by atoms with Crippen molar-refractivity contribution in [2.75, 3.05) is 4.90 Å². The summed E-state index contributed by atoms with van der Waals surface area (Å²) in [4.78, 5) is 26.0. The summed E-state index contributed by atoms with van der Waals surface area (Å²) in [6.07, 6.45) is 2.08. The van der Waals surface area contributed by atoms with E-state index >= 15 is 0 Å². The van der Waals surface area contributed by atoms with Crippen LogP contribution >= 0.6 is 0 Å². The van der Waals surface area contributed by atoms with Gasteiger partial charge in [0.25, 0.3) is 5.91 Å². The van der Waals surface area contributed by atoms with Crippen molar-refractivity contribution in [2.45, 2.75) is 44.7 Å². The fourth-order valence-corrected chi connectivity index (χ4v) is 3.99. The Balaban J connectivity index is 1.64. The number of carbonyl (C=O) groups is 2. The maximum absolute atomic E-state index is 13.3. The maximum Gasteiger partial charge on any atom is 0.321 e. The monoisotopic (exact) mass is 430 g/mol. The van der Waals surface area contributed by atoms with Gasteiger partial charge < -0.3 is 10.2 Å². The van der Waals surface area contributed by atoms with Gasteiger partial charge in [-0.05, 0) is 48.9 Å². The molecular formula is C22H21F3N4O2. The van der Waals surface area contributed by atoms with Crippen molar-refractivity contribution in [3.8, 4) is 5.69 Å². The van der Waals surface area contributed by atoms with Gasteiger partial charge in [0.15, 0.2) is 0 Å². The summed E-state index contributed by atoms with van der Waals surface area (Å²) < 4.78 is 41.5. The topological polar surface area (TPSA) is 67.2 Å². The van der Waals surface area contributed by atoms with Crippen molar-refractivity contribution in [1.82, 2.24) is 15.1 Å². The third-order valence-corrected chi connectivity index (χ3v) is 5.49. The Hall–Kier alpha value is -3.36. The third kappa shape index (κ3) is 3.87. The number of hydrogen-bond donors (Lipinski definition) is 1. The molecule has 0 radical (unpaired) electrons. The molecule has 1 fully saturated rings. The number of benzene rings is 2. The first kappa shape index (κ1) is 20.9. The van der Waals surface area contributed by atoms with Crippen LogP contribution in [0.5, 0.6) is 0 Å². The van der Waals surface area contributed by atoms with Crippen LogP contribution in [0, 0.1) is 5.82 Å². The average Bonchev–Trinajstić information content (AvgIpc) is 3.27. The second-order valence-electron chi connectivity index (χ2n) is 7.69. The van der Waals surface area contributed by atoms with Crippen molar-refractivity contribution in [3.63, 3.8) is 0 Å². The molecule has 31 heavy (non-hydrogen) atoms. The van der Waals surface area contributed by atoms with Crippen LogP contribution in [0.3, 0.4) is 0 Å². The molecule has 1 saturated heterocycles. The van der Waals surface area contributed by atoms with Gasteiger partial charge in [-0.2, -0.15) is 13.9 Å². The van der Waals surface area contributed by atoms with E-state index in [1.807, 2.05) is 6.92 Å². The predicted octanol–water partition coefficient (Wildman–Crippen LogP) is 3.82. The molecule has 4 rings (SSSR count). The van der Waals surface area contributed by atoms with Crippen LogP contribution in [0.4, 0.5) is 18.9 Å². The number of anilines is 1. The summed E-state index contributed by atoms with van der Waals surface area (Å²) >= 11 is 0.